The van der Waals surface area contributed by atoms with Crippen LogP contribution in [0.2, 0.25) is 0 Å². The molecule has 1 fully saturated rings. The van der Waals surface area contributed by atoms with Crippen molar-refractivity contribution in [3.05, 3.63) is 58.3 Å². The number of piperidine rings is 1. The number of anilines is 2. The molecule has 1 aromatic carbocycles. The summed E-state index contributed by atoms with van der Waals surface area (Å²) in [5.41, 5.74) is 6.29. The second kappa shape index (κ2) is 8.53. The van der Waals surface area contributed by atoms with Crippen molar-refractivity contribution >= 4 is 50.7 Å². The van der Waals surface area contributed by atoms with Crippen molar-refractivity contribution in [2.75, 3.05) is 23.4 Å². The summed E-state index contributed by atoms with van der Waals surface area (Å²) < 4.78 is 0. The third kappa shape index (κ3) is 3.95. The fourth-order valence-corrected chi connectivity index (χ4v) is 5.58. The van der Waals surface area contributed by atoms with Gasteiger partial charge in [-0.1, -0.05) is 35.6 Å². The fourth-order valence-electron chi connectivity index (χ4n) is 3.78. The maximum Gasteiger partial charge on any atom is 0.186 e. The molecule has 0 atom stereocenters. The third-order valence-electron chi connectivity index (χ3n) is 5.31. The van der Waals surface area contributed by atoms with Gasteiger partial charge in [-0.3, -0.25) is 5.43 Å². The van der Waals surface area contributed by atoms with E-state index in [0.29, 0.717) is 0 Å². The zero-order valence-electron chi connectivity index (χ0n) is 16.8. The van der Waals surface area contributed by atoms with E-state index < -0.39 is 0 Å². The number of hydrogen-bond donors (Lipinski definition) is 1. The van der Waals surface area contributed by atoms with E-state index >= 15 is 0 Å². The number of para-hydroxylation sites is 1. The van der Waals surface area contributed by atoms with Crippen LogP contribution in [0.15, 0.2) is 52.9 Å². The molecule has 0 amide bonds. The lowest BCUT2D eigenvalue weighted by molar-refractivity contribution is 0.577. The molecule has 0 saturated carbocycles. The van der Waals surface area contributed by atoms with E-state index in [9.17, 15) is 0 Å². The molecule has 152 valence electrons. The average molecular weight is 434 g/mol. The Morgan fingerprint density at radius 2 is 1.93 bits per heavy atom. The highest BCUT2D eigenvalue weighted by atomic mass is 32.1. The lowest BCUT2D eigenvalue weighted by atomic mass is 10.1. The first-order chi connectivity index (χ1) is 14.8. The molecule has 7 heteroatoms. The molecule has 1 aliphatic rings. The van der Waals surface area contributed by atoms with Crippen LogP contribution in [0, 0.1) is 6.92 Å². The maximum atomic E-state index is 4.98. The van der Waals surface area contributed by atoms with E-state index in [1.54, 1.807) is 22.7 Å². The number of rotatable bonds is 5. The molecular weight excluding hydrogens is 410 g/mol. The first-order valence-corrected chi connectivity index (χ1v) is 11.9. The van der Waals surface area contributed by atoms with E-state index in [0.717, 1.165) is 40.1 Å². The Balaban J connectivity index is 1.42. The van der Waals surface area contributed by atoms with Crippen LogP contribution in [0.1, 0.15) is 29.7 Å². The molecule has 1 N–H and O–H groups in total. The first kappa shape index (κ1) is 19.2. The zero-order chi connectivity index (χ0) is 20.3. The van der Waals surface area contributed by atoms with Crippen LogP contribution in [0.25, 0.3) is 21.5 Å². The number of aryl methyl sites for hydroxylation is 1. The topological polar surface area (TPSA) is 53.4 Å². The maximum absolute atomic E-state index is 4.98. The minimum atomic E-state index is 0.751. The molecule has 5 nitrogen and oxygen atoms in total. The minimum Gasteiger partial charge on any atom is -0.348 e. The van der Waals surface area contributed by atoms with Crippen molar-refractivity contribution < 1.29 is 0 Å². The first-order valence-electron chi connectivity index (χ1n) is 10.2. The quantitative estimate of drug-likeness (QED) is 0.302. The minimum absolute atomic E-state index is 0.751. The highest BCUT2D eigenvalue weighted by Gasteiger charge is 2.19. The standard InChI is InChI=1S/C23H23N5S2/c1-16-14-21(25-18-9-4-3-8-17(16)18)27-24-15-20-22(19-10-7-13-29-19)26-23(30-20)28-11-5-2-6-12-28/h3-4,7-10,13-15H,2,5-6,11-12H2,1H3,(H,25,27)/b24-15-. The molecule has 1 saturated heterocycles. The van der Waals surface area contributed by atoms with Gasteiger partial charge in [0.15, 0.2) is 5.13 Å². The third-order valence-corrected chi connectivity index (χ3v) is 7.23. The largest absolute Gasteiger partial charge is 0.348 e. The van der Waals surface area contributed by atoms with Crippen molar-refractivity contribution in [2.45, 2.75) is 26.2 Å². The summed E-state index contributed by atoms with van der Waals surface area (Å²) in [4.78, 5) is 14.3. The van der Waals surface area contributed by atoms with Crippen molar-refractivity contribution in [1.29, 1.82) is 0 Å². The summed E-state index contributed by atoms with van der Waals surface area (Å²) in [5, 5.41) is 8.87. The van der Waals surface area contributed by atoms with Crippen molar-refractivity contribution in [3.63, 3.8) is 0 Å². The number of hydrogen-bond acceptors (Lipinski definition) is 7. The molecule has 0 bridgehead atoms. The van der Waals surface area contributed by atoms with Gasteiger partial charge >= 0.3 is 0 Å². The summed E-state index contributed by atoms with van der Waals surface area (Å²) in [6.45, 7) is 4.28. The highest BCUT2D eigenvalue weighted by Crippen LogP contribution is 2.35. The summed E-state index contributed by atoms with van der Waals surface area (Å²) in [6.07, 6.45) is 5.68. The number of fused-ring (bicyclic) bond motifs is 1. The van der Waals surface area contributed by atoms with E-state index in [1.807, 2.05) is 30.5 Å². The van der Waals surface area contributed by atoms with Crippen molar-refractivity contribution in [2.24, 2.45) is 5.10 Å². The van der Waals surface area contributed by atoms with Gasteiger partial charge in [0.25, 0.3) is 0 Å². The monoisotopic (exact) mass is 433 g/mol. The van der Waals surface area contributed by atoms with E-state index in [2.05, 4.69) is 50.9 Å². The van der Waals surface area contributed by atoms with Gasteiger partial charge in [0.05, 0.1) is 21.5 Å². The zero-order valence-corrected chi connectivity index (χ0v) is 18.5. The molecule has 4 heterocycles. The molecule has 0 unspecified atom stereocenters. The van der Waals surface area contributed by atoms with Crippen LogP contribution in [0.3, 0.4) is 0 Å². The van der Waals surface area contributed by atoms with Gasteiger partial charge in [0.2, 0.25) is 0 Å². The Morgan fingerprint density at radius 3 is 2.77 bits per heavy atom. The molecule has 4 aromatic rings. The highest BCUT2D eigenvalue weighted by molar-refractivity contribution is 7.18. The Labute approximate surface area is 184 Å². The molecule has 0 spiro atoms. The lowest BCUT2D eigenvalue weighted by Crippen LogP contribution is -2.29. The predicted octanol–water partition coefficient (Wildman–Crippen LogP) is 6.16. The van der Waals surface area contributed by atoms with E-state index in [-0.39, 0.29) is 0 Å². The number of nitrogens with one attached hydrogen (secondary N) is 1. The summed E-state index contributed by atoms with van der Waals surface area (Å²) >= 11 is 3.43. The van der Waals surface area contributed by atoms with Crippen LogP contribution < -0.4 is 10.3 Å². The average Bonchev–Trinajstić information content (AvgIpc) is 3.44. The number of hydrazone groups is 1. The number of aromatic nitrogens is 2. The van der Waals surface area contributed by atoms with Crippen molar-refractivity contribution in [3.8, 4) is 10.6 Å². The van der Waals surface area contributed by atoms with Crippen LogP contribution in [0.5, 0.6) is 0 Å². The van der Waals surface area contributed by atoms with Gasteiger partial charge < -0.3 is 4.90 Å². The molecule has 30 heavy (non-hydrogen) atoms. The molecule has 5 rings (SSSR count). The van der Waals surface area contributed by atoms with Gasteiger partial charge in [-0.05, 0) is 55.3 Å². The molecule has 1 aliphatic heterocycles. The number of benzene rings is 1. The SMILES string of the molecule is Cc1cc(N/N=C\c2sc(N3CCCCC3)nc2-c2cccs2)nc2ccccc12. The second-order valence-electron chi connectivity index (χ2n) is 7.45. The van der Waals surface area contributed by atoms with Gasteiger partial charge in [0, 0.05) is 18.5 Å². The lowest BCUT2D eigenvalue weighted by Gasteiger charge is -2.25. The number of pyridine rings is 1. The normalized spacial score (nSPS) is 14.6. The molecule has 0 radical (unpaired) electrons. The Morgan fingerprint density at radius 1 is 1.07 bits per heavy atom. The van der Waals surface area contributed by atoms with Crippen LogP contribution >= 0.6 is 22.7 Å². The molecule has 0 aliphatic carbocycles. The van der Waals surface area contributed by atoms with Crippen LogP contribution in [-0.4, -0.2) is 29.3 Å². The summed E-state index contributed by atoms with van der Waals surface area (Å²) in [7, 11) is 0. The Bertz CT molecular complexity index is 1170. The van der Waals surface area contributed by atoms with E-state index in [4.69, 9.17) is 4.98 Å². The van der Waals surface area contributed by atoms with Crippen LogP contribution in [-0.2, 0) is 0 Å². The van der Waals surface area contributed by atoms with Gasteiger partial charge in [-0.2, -0.15) is 5.10 Å². The van der Waals surface area contributed by atoms with Gasteiger partial charge in [-0.25, -0.2) is 9.97 Å². The van der Waals surface area contributed by atoms with Gasteiger partial charge in [-0.15, -0.1) is 11.3 Å². The molecular formula is C23H23N5S2. The number of thiophene rings is 1. The molecule has 3 aromatic heterocycles. The Kier molecular flexibility index (Phi) is 5.46. The summed E-state index contributed by atoms with van der Waals surface area (Å²) in [5.74, 6) is 0.751. The van der Waals surface area contributed by atoms with Crippen molar-refractivity contribution in [1.82, 2.24) is 9.97 Å². The Hall–Kier alpha value is -2.77. The van der Waals surface area contributed by atoms with Gasteiger partial charge in [0.1, 0.15) is 11.5 Å². The smallest absolute Gasteiger partial charge is 0.186 e. The summed E-state index contributed by atoms with van der Waals surface area (Å²) in [6, 6.07) is 14.4. The number of thiazole rings is 1. The second-order valence-corrected chi connectivity index (χ2v) is 9.40. The fraction of sp³-hybridized carbons (Fsp3) is 0.261. The predicted molar refractivity (Wildman–Crippen MR) is 129 cm³/mol. The van der Waals surface area contributed by atoms with Crippen LogP contribution in [0.4, 0.5) is 10.9 Å². The van der Waals surface area contributed by atoms with E-state index in [1.165, 1.54) is 35.1 Å². The number of nitrogens with zero attached hydrogens (tertiary/aromatic N) is 4.